The average molecular weight is 435 g/mol. The zero-order valence-corrected chi connectivity index (χ0v) is 16.9. The van der Waals surface area contributed by atoms with Crippen molar-refractivity contribution in [2.24, 2.45) is 0 Å². The van der Waals surface area contributed by atoms with E-state index in [9.17, 15) is 23.1 Å². The maximum atomic E-state index is 12.9. The fourth-order valence-corrected chi connectivity index (χ4v) is 3.91. The van der Waals surface area contributed by atoms with Crippen LogP contribution in [0, 0.1) is 0 Å². The highest BCUT2D eigenvalue weighted by Gasteiger charge is 2.31. The lowest BCUT2D eigenvalue weighted by Crippen LogP contribution is -2.49. The first-order chi connectivity index (χ1) is 14.8. The third-order valence-corrected chi connectivity index (χ3v) is 5.52. The molecular formula is C22H24F3N3O3. The van der Waals surface area contributed by atoms with Gasteiger partial charge in [-0.3, -0.25) is 9.69 Å². The highest BCUT2D eigenvalue weighted by molar-refractivity contribution is 5.99. The first kappa shape index (κ1) is 21.5. The van der Waals surface area contributed by atoms with Crippen LogP contribution in [0.1, 0.15) is 11.1 Å². The number of fused-ring (bicyclic) bond motifs is 1. The normalized spacial score (nSPS) is 17.9. The van der Waals surface area contributed by atoms with E-state index in [0.29, 0.717) is 50.6 Å². The fraction of sp³-hybridized carbons (Fsp3) is 0.409. The predicted octanol–water partition coefficient (Wildman–Crippen LogP) is 2.76. The number of ether oxygens (including phenoxy) is 1. The molecule has 2 aromatic carbocycles. The van der Waals surface area contributed by atoms with Crippen molar-refractivity contribution in [1.29, 1.82) is 0 Å². The summed E-state index contributed by atoms with van der Waals surface area (Å²) in [7, 11) is 0. The third kappa shape index (κ3) is 5.29. The van der Waals surface area contributed by atoms with Crippen LogP contribution < -0.4 is 15.0 Å². The summed E-state index contributed by atoms with van der Waals surface area (Å²) in [6.07, 6.45) is -4.73. The highest BCUT2D eigenvalue weighted by atomic mass is 19.4. The molecule has 2 aliphatic rings. The summed E-state index contributed by atoms with van der Waals surface area (Å²) in [5.41, 5.74) is 1.58. The molecule has 0 aliphatic carbocycles. The molecule has 166 valence electrons. The van der Waals surface area contributed by atoms with Crippen LogP contribution in [0.15, 0.2) is 42.5 Å². The Bertz CT molecular complexity index is 943. The van der Waals surface area contributed by atoms with Crippen molar-refractivity contribution in [3.8, 4) is 5.75 Å². The van der Waals surface area contributed by atoms with Gasteiger partial charge in [0, 0.05) is 44.1 Å². The zero-order chi connectivity index (χ0) is 22.0. The van der Waals surface area contributed by atoms with E-state index in [1.54, 1.807) is 24.3 Å². The van der Waals surface area contributed by atoms with Gasteiger partial charge in [-0.2, -0.15) is 13.2 Å². The molecule has 2 N–H and O–H groups in total. The maximum Gasteiger partial charge on any atom is 0.416 e. The fourth-order valence-electron chi connectivity index (χ4n) is 3.91. The predicted molar refractivity (Wildman–Crippen MR) is 110 cm³/mol. The number of aliphatic hydroxyl groups excluding tert-OH is 1. The minimum atomic E-state index is -4.35. The Hall–Kier alpha value is -2.78. The summed E-state index contributed by atoms with van der Waals surface area (Å²) in [6.45, 7) is 2.98. The molecule has 9 heteroatoms. The minimum absolute atomic E-state index is 0.0449. The molecule has 2 aromatic rings. The summed E-state index contributed by atoms with van der Waals surface area (Å²) in [5.74, 6) is 0.556. The minimum Gasteiger partial charge on any atom is -0.491 e. The van der Waals surface area contributed by atoms with Gasteiger partial charge in [-0.15, -0.1) is 0 Å². The number of anilines is 2. The van der Waals surface area contributed by atoms with Gasteiger partial charge in [0.2, 0.25) is 5.91 Å². The Morgan fingerprint density at radius 2 is 1.87 bits per heavy atom. The lowest BCUT2D eigenvalue weighted by molar-refractivity contribution is -0.137. The number of alkyl halides is 3. The van der Waals surface area contributed by atoms with Crippen LogP contribution in [0.2, 0.25) is 0 Å². The number of carbonyl (C=O) groups excluding carboxylic acids is 1. The van der Waals surface area contributed by atoms with Gasteiger partial charge in [0.05, 0.1) is 12.0 Å². The lowest BCUT2D eigenvalue weighted by Gasteiger charge is -2.37. The van der Waals surface area contributed by atoms with Crippen LogP contribution in [-0.2, 0) is 17.4 Å². The monoisotopic (exact) mass is 435 g/mol. The summed E-state index contributed by atoms with van der Waals surface area (Å²) in [5, 5.41) is 13.1. The smallest absolute Gasteiger partial charge is 0.416 e. The molecule has 1 saturated heterocycles. The van der Waals surface area contributed by atoms with Crippen molar-refractivity contribution >= 4 is 17.3 Å². The number of nitrogens with zero attached hydrogens (tertiary/aromatic N) is 2. The van der Waals surface area contributed by atoms with Crippen molar-refractivity contribution in [2.45, 2.75) is 18.7 Å². The Labute approximate surface area is 178 Å². The van der Waals surface area contributed by atoms with Crippen LogP contribution >= 0.6 is 0 Å². The summed E-state index contributed by atoms with van der Waals surface area (Å²) >= 11 is 0. The number of nitrogens with one attached hydrogen (secondary N) is 1. The quantitative estimate of drug-likeness (QED) is 0.731. The molecule has 1 fully saturated rings. The standard InChI is InChI=1S/C22H24F3N3O3/c23-22(24,25)16-2-1-3-17(12-16)28-8-6-27(7-9-28)13-18(29)14-31-19-4-5-20-15(10-19)11-21(30)26-20/h1-5,10,12,18,29H,6-9,11,13-14H2,(H,26,30). The van der Waals surface area contributed by atoms with Gasteiger partial charge >= 0.3 is 6.18 Å². The number of β-amino-alcohol motifs (C(OH)–C–C–N with tert-alkyl or cyclic N) is 1. The van der Waals surface area contributed by atoms with E-state index in [2.05, 4.69) is 10.2 Å². The van der Waals surface area contributed by atoms with E-state index in [1.807, 2.05) is 4.90 Å². The van der Waals surface area contributed by atoms with E-state index in [1.165, 1.54) is 12.1 Å². The van der Waals surface area contributed by atoms with E-state index < -0.39 is 17.8 Å². The number of rotatable bonds is 6. The number of hydrogen-bond acceptors (Lipinski definition) is 5. The number of piperazine rings is 1. The summed E-state index contributed by atoms with van der Waals surface area (Å²) < 4.78 is 44.5. The zero-order valence-electron chi connectivity index (χ0n) is 16.9. The molecule has 31 heavy (non-hydrogen) atoms. The van der Waals surface area contributed by atoms with Crippen LogP contribution in [0.3, 0.4) is 0 Å². The number of carbonyl (C=O) groups is 1. The third-order valence-electron chi connectivity index (χ3n) is 5.52. The van der Waals surface area contributed by atoms with Gasteiger partial charge in [0.15, 0.2) is 0 Å². The largest absolute Gasteiger partial charge is 0.491 e. The second-order valence-electron chi connectivity index (χ2n) is 7.84. The van der Waals surface area contributed by atoms with Crippen molar-refractivity contribution in [2.75, 3.05) is 49.5 Å². The lowest BCUT2D eigenvalue weighted by atomic mass is 10.1. The van der Waals surface area contributed by atoms with Crippen molar-refractivity contribution in [1.82, 2.24) is 4.90 Å². The first-order valence-corrected chi connectivity index (χ1v) is 10.2. The van der Waals surface area contributed by atoms with Crippen molar-refractivity contribution in [3.05, 3.63) is 53.6 Å². The summed E-state index contributed by atoms with van der Waals surface area (Å²) in [6, 6.07) is 10.7. The maximum absolute atomic E-state index is 12.9. The Morgan fingerprint density at radius 3 is 2.61 bits per heavy atom. The van der Waals surface area contributed by atoms with Gasteiger partial charge < -0.3 is 20.1 Å². The molecule has 0 aromatic heterocycles. The molecule has 0 radical (unpaired) electrons. The highest BCUT2D eigenvalue weighted by Crippen LogP contribution is 2.32. The van der Waals surface area contributed by atoms with Crippen LogP contribution in [0.25, 0.3) is 0 Å². The molecule has 0 saturated carbocycles. The van der Waals surface area contributed by atoms with E-state index >= 15 is 0 Å². The van der Waals surface area contributed by atoms with Crippen LogP contribution in [0.5, 0.6) is 5.75 Å². The van der Waals surface area contributed by atoms with Gasteiger partial charge in [0.1, 0.15) is 18.5 Å². The molecule has 0 bridgehead atoms. The Morgan fingerprint density at radius 1 is 1.10 bits per heavy atom. The summed E-state index contributed by atoms with van der Waals surface area (Å²) in [4.78, 5) is 15.4. The average Bonchev–Trinajstić information content (AvgIpc) is 3.11. The van der Waals surface area contributed by atoms with Crippen molar-refractivity contribution in [3.63, 3.8) is 0 Å². The van der Waals surface area contributed by atoms with E-state index in [4.69, 9.17) is 4.74 Å². The number of amides is 1. The molecule has 2 aliphatic heterocycles. The molecule has 2 heterocycles. The second kappa shape index (κ2) is 8.76. The van der Waals surface area contributed by atoms with Gasteiger partial charge in [-0.25, -0.2) is 0 Å². The number of aliphatic hydroxyl groups is 1. The Kier molecular flexibility index (Phi) is 6.06. The molecule has 1 atom stereocenters. The molecule has 6 nitrogen and oxygen atoms in total. The van der Waals surface area contributed by atoms with Gasteiger partial charge in [-0.05, 0) is 42.0 Å². The Balaban J connectivity index is 1.24. The molecule has 1 unspecified atom stereocenters. The second-order valence-corrected chi connectivity index (χ2v) is 7.84. The molecule has 0 spiro atoms. The van der Waals surface area contributed by atoms with Crippen LogP contribution in [-0.4, -0.2) is 61.3 Å². The molecule has 4 rings (SSSR count). The first-order valence-electron chi connectivity index (χ1n) is 10.2. The number of halogens is 3. The molecular weight excluding hydrogens is 411 g/mol. The SMILES string of the molecule is O=C1Cc2cc(OCC(O)CN3CCN(c4cccc(C(F)(F)F)c4)CC3)ccc2N1. The van der Waals surface area contributed by atoms with Gasteiger partial charge in [0.25, 0.3) is 0 Å². The molecule has 1 amide bonds. The topological polar surface area (TPSA) is 65.0 Å². The number of hydrogen-bond donors (Lipinski definition) is 2. The van der Waals surface area contributed by atoms with Gasteiger partial charge in [-0.1, -0.05) is 6.07 Å². The van der Waals surface area contributed by atoms with E-state index in [0.717, 1.165) is 17.3 Å². The van der Waals surface area contributed by atoms with Crippen molar-refractivity contribution < 1.29 is 27.8 Å². The number of benzene rings is 2. The van der Waals surface area contributed by atoms with Crippen LogP contribution in [0.4, 0.5) is 24.5 Å². The van der Waals surface area contributed by atoms with E-state index in [-0.39, 0.29) is 12.5 Å².